The SMILES string of the molecule is COC(=O)c1c(NC(=O)C(C#N)=Cc2ccc(-c3cc(Cl)ccc3Cl)o2)sc(C)c1C. The molecule has 3 aromatic rings. The molecule has 1 amide bonds. The maximum absolute atomic E-state index is 12.7. The molecule has 0 spiro atoms. The Labute approximate surface area is 192 Å². The Hall–Kier alpha value is -3.05. The number of rotatable bonds is 5. The van der Waals surface area contributed by atoms with Gasteiger partial charge in [0.2, 0.25) is 0 Å². The lowest BCUT2D eigenvalue weighted by Gasteiger charge is -2.05. The highest BCUT2D eigenvalue weighted by Crippen LogP contribution is 2.34. The van der Waals surface area contributed by atoms with Gasteiger partial charge in [0, 0.05) is 21.5 Å². The number of hydrogen-bond donors (Lipinski definition) is 1. The Morgan fingerprint density at radius 2 is 1.97 bits per heavy atom. The number of ether oxygens (including phenoxy) is 1. The van der Waals surface area contributed by atoms with E-state index < -0.39 is 11.9 Å². The molecule has 0 saturated heterocycles. The van der Waals surface area contributed by atoms with Crippen LogP contribution in [0.5, 0.6) is 0 Å². The van der Waals surface area contributed by atoms with Gasteiger partial charge < -0.3 is 14.5 Å². The summed E-state index contributed by atoms with van der Waals surface area (Å²) in [6.45, 7) is 3.59. The summed E-state index contributed by atoms with van der Waals surface area (Å²) >= 11 is 13.4. The molecule has 0 bridgehead atoms. The number of benzene rings is 1. The molecule has 6 nitrogen and oxygen atoms in total. The third-order valence-electron chi connectivity index (χ3n) is 4.47. The molecule has 0 fully saturated rings. The topological polar surface area (TPSA) is 92.3 Å². The fraction of sp³-hybridized carbons (Fsp3) is 0.136. The Bertz CT molecular complexity index is 1250. The lowest BCUT2D eigenvalue weighted by Crippen LogP contribution is -2.15. The first kappa shape index (κ1) is 22.6. The lowest BCUT2D eigenvalue weighted by atomic mass is 10.1. The molecule has 9 heteroatoms. The number of hydrogen-bond acceptors (Lipinski definition) is 6. The number of aryl methyl sites for hydroxylation is 1. The zero-order valence-electron chi connectivity index (χ0n) is 16.7. The summed E-state index contributed by atoms with van der Waals surface area (Å²) in [5.41, 5.74) is 1.37. The van der Waals surface area contributed by atoms with Gasteiger partial charge in [-0.2, -0.15) is 5.26 Å². The van der Waals surface area contributed by atoms with Crippen molar-refractivity contribution in [1.82, 2.24) is 0 Å². The standard InChI is InChI=1S/C22H16Cl2N2O4S/c1-11-12(2)31-21(19(11)22(28)29-3)26-20(27)13(10-25)8-15-5-7-18(30-15)16-9-14(23)4-6-17(16)24/h4-9H,1-3H3,(H,26,27). The molecule has 2 heterocycles. The van der Waals surface area contributed by atoms with Crippen LogP contribution in [0.1, 0.15) is 26.6 Å². The zero-order chi connectivity index (χ0) is 22.7. The molecule has 31 heavy (non-hydrogen) atoms. The van der Waals surface area contributed by atoms with E-state index in [4.69, 9.17) is 32.4 Å². The van der Waals surface area contributed by atoms with Crippen molar-refractivity contribution in [2.75, 3.05) is 12.4 Å². The van der Waals surface area contributed by atoms with E-state index in [2.05, 4.69) is 5.32 Å². The molecule has 0 unspecified atom stereocenters. The molecule has 0 radical (unpaired) electrons. The quantitative estimate of drug-likeness (QED) is 0.267. The highest BCUT2D eigenvalue weighted by molar-refractivity contribution is 7.16. The van der Waals surface area contributed by atoms with E-state index in [1.165, 1.54) is 24.5 Å². The largest absolute Gasteiger partial charge is 0.465 e. The van der Waals surface area contributed by atoms with Crippen LogP contribution in [0.2, 0.25) is 10.0 Å². The number of nitrogens with zero attached hydrogens (tertiary/aromatic N) is 1. The molecule has 0 saturated carbocycles. The number of anilines is 1. The van der Waals surface area contributed by atoms with Crippen molar-refractivity contribution in [3.63, 3.8) is 0 Å². The molecular weight excluding hydrogens is 459 g/mol. The number of carbonyl (C=O) groups is 2. The van der Waals surface area contributed by atoms with Gasteiger partial charge in [0.05, 0.1) is 17.7 Å². The molecule has 0 aliphatic heterocycles. The summed E-state index contributed by atoms with van der Waals surface area (Å²) in [6, 6.07) is 10.1. The summed E-state index contributed by atoms with van der Waals surface area (Å²) in [7, 11) is 1.27. The van der Waals surface area contributed by atoms with E-state index in [0.29, 0.717) is 31.9 Å². The third-order valence-corrected chi connectivity index (χ3v) is 6.16. The minimum absolute atomic E-state index is 0.197. The van der Waals surface area contributed by atoms with Crippen LogP contribution in [-0.2, 0) is 9.53 Å². The number of carbonyl (C=O) groups excluding carboxylic acids is 2. The van der Waals surface area contributed by atoms with Crippen LogP contribution in [0.3, 0.4) is 0 Å². The van der Waals surface area contributed by atoms with Crippen LogP contribution < -0.4 is 5.32 Å². The summed E-state index contributed by atoms with van der Waals surface area (Å²) < 4.78 is 10.5. The van der Waals surface area contributed by atoms with Gasteiger partial charge in [0.25, 0.3) is 5.91 Å². The van der Waals surface area contributed by atoms with Crippen LogP contribution in [0.4, 0.5) is 5.00 Å². The first-order valence-electron chi connectivity index (χ1n) is 8.91. The van der Waals surface area contributed by atoms with Crippen LogP contribution in [0.15, 0.2) is 40.3 Å². The second-order valence-corrected chi connectivity index (χ2v) is 8.50. The van der Waals surface area contributed by atoms with Crippen molar-refractivity contribution in [2.45, 2.75) is 13.8 Å². The molecule has 0 aliphatic carbocycles. The van der Waals surface area contributed by atoms with Gasteiger partial charge in [-0.05, 0) is 49.7 Å². The molecule has 158 valence electrons. The summed E-state index contributed by atoms with van der Waals surface area (Å²) in [5, 5.41) is 13.4. The van der Waals surface area contributed by atoms with Crippen molar-refractivity contribution in [2.24, 2.45) is 0 Å². The molecule has 1 N–H and O–H groups in total. The second kappa shape index (κ2) is 9.40. The number of amides is 1. The number of halogens is 2. The smallest absolute Gasteiger partial charge is 0.341 e. The summed E-state index contributed by atoms with van der Waals surface area (Å²) in [6.07, 6.45) is 1.31. The number of furan rings is 1. The number of nitrogens with one attached hydrogen (secondary N) is 1. The number of esters is 1. The number of thiophene rings is 1. The zero-order valence-corrected chi connectivity index (χ0v) is 19.0. The summed E-state index contributed by atoms with van der Waals surface area (Å²) in [4.78, 5) is 25.6. The second-order valence-electron chi connectivity index (χ2n) is 6.43. The first-order valence-corrected chi connectivity index (χ1v) is 10.5. The van der Waals surface area contributed by atoms with E-state index in [-0.39, 0.29) is 16.9 Å². The van der Waals surface area contributed by atoms with Crippen LogP contribution in [-0.4, -0.2) is 19.0 Å². The van der Waals surface area contributed by atoms with Gasteiger partial charge in [-0.1, -0.05) is 23.2 Å². The Morgan fingerprint density at radius 3 is 2.65 bits per heavy atom. The monoisotopic (exact) mass is 474 g/mol. The lowest BCUT2D eigenvalue weighted by molar-refractivity contribution is -0.112. The van der Waals surface area contributed by atoms with Gasteiger partial charge in [0.15, 0.2) is 0 Å². The molecule has 0 aliphatic rings. The first-order chi connectivity index (χ1) is 14.7. The van der Waals surface area contributed by atoms with E-state index in [1.54, 1.807) is 37.3 Å². The normalized spacial score (nSPS) is 11.2. The van der Waals surface area contributed by atoms with Crippen molar-refractivity contribution in [3.8, 4) is 17.4 Å². The van der Waals surface area contributed by atoms with Gasteiger partial charge in [-0.15, -0.1) is 11.3 Å². The maximum atomic E-state index is 12.7. The third kappa shape index (κ3) is 4.83. The van der Waals surface area contributed by atoms with E-state index >= 15 is 0 Å². The van der Waals surface area contributed by atoms with Crippen molar-refractivity contribution >= 4 is 57.5 Å². The minimum atomic E-state index is -0.673. The number of methoxy groups -OCH3 is 1. The Morgan fingerprint density at radius 1 is 1.23 bits per heavy atom. The predicted octanol–water partition coefficient (Wildman–Crippen LogP) is 6.26. The van der Waals surface area contributed by atoms with Crippen LogP contribution in [0, 0.1) is 25.2 Å². The fourth-order valence-electron chi connectivity index (χ4n) is 2.79. The maximum Gasteiger partial charge on any atom is 0.341 e. The average molecular weight is 475 g/mol. The van der Waals surface area contributed by atoms with Gasteiger partial charge in [0.1, 0.15) is 28.2 Å². The summed E-state index contributed by atoms with van der Waals surface area (Å²) in [5.74, 6) is -0.514. The molecular formula is C22H16Cl2N2O4S. The van der Waals surface area contributed by atoms with Gasteiger partial charge >= 0.3 is 5.97 Å². The van der Waals surface area contributed by atoms with Crippen molar-refractivity contribution in [1.29, 1.82) is 5.26 Å². The van der Waals surface area contributed by atoms with E-state index in [0.717, 1.165) is 4.88 Å². The van der Waals surface area contributed by atoms with E-state index in [9.17, 15) is 14.9 Å². The van der Waals surface area contributed by atoms with Crippen molar-refractivity contribution < 1.29 is 18.7 Å². The highest BCUT2D eigenvalue weighted by atomic mass is 35.5. The van der Waals surface area contributed by atoms with Gasteiger partial charge in [-0.25, -0.2) is 4.79 Å². The minimum Gasteiger partial charge on any atom is -0.465 e. The molecule has 2 aromatic heterocycles. The number of nitriles is 1. The molecule has 0 atom stereocenters. The van der Waals surface area contributed by atoms with Gasteiger partial charge in [-0.3, -0.25) is 4.79 Å². The van der Waals surface area contributed by atoms with Crippen LogP contribution in [0.25, 0.3) is 17.4 Å². The predicted molar refractivity (Wildman–Crippen MR) is 122 cm³/mol. The molecule has 1 aromatic carbocycles. The fourth-order valence-corrected chi connectivity index (χ4v) is 4.21. The van der Waals surface area contributed by atoms with Crippen LogP contribution >= 0.6 is 34.5 Å². The Kier molecular flexibility index (Phi) is 6.86. The van der Waals surface area contributed by atoms with E-state index in [1.807, 2.05) is 13.0 Å². The Balaban J connectivity index is 1.88. The average Bonchev–Trinajstić information content (AvgIpc) is 3.31. The van der Waals surface area contributed by atoms with Crippen molar-refractivity contribution in [3.05, 3.63) is 67.7 Å². The highest BCUT2D eigenvalue weighted by Gasteiger charge is 2.23. The molecule has 3 rings (SSSR count).